The van der Waals surface area contributed by atoms with Crippen molar-refractivity contribution in [1.82, 2.24) is 0 Å². The summed E-state index contributed by atoms with van der Waals surface area (Å²) in [7, 11) is 1.65. The van der Waals surface area contributed by atoms with E-state index in [1.54, 1.807) is 38.4 Å². The van der Waals surface area contributed by atoms with Crippen LogP contribution >= 0.6 is 0 Å². The van der Waals surface area contributed by atoms with E-state index in [0.717, 1.165) is 43.3 Å². The molecule has 6 heteroatoms. The van der Waals surface area contributed by atoms with Crippen LogP contribution in [0.4, 0.5) is 11.4 Å². The maximum Gasteiger partial charge on any atom is 0.338 e. The van der Waals surface area contributed by atoms with Gasteiger partial charge in [0.05, 0.1) is 38.2 Å². The molecule has 27 heavy (non-hydrogen) atoms. The maximum absolute atomic E-state index is 11.9. The zero-order valence-electron chi connectivity index (χ0n) is 15.7. The Morgan fingerprint density at radius 2 is 2.04 bits per heavy atom. The molecule has 2 aromatic carbocycles. The lowest BCUT2D eigenvalue weighted by molar-refractivity contribution is 0.0526. The summed E-state index contributed by atoms with van der Waals surface area (Å²) in [6, 6.07) is 13.1. The molecule has 3 rings (SSSR count). The summed E-state index contributed by atoms with van der Waals surface area (Å²) in [5.41, 5.74) is 3.15. The van der Waals surface area contributed by atoms with E-state index in [2.05, 4.69) is 16.0 Å². The molecule has 0 bridgehead atoms. The molecular weight excluding hydrogens is 344 g/mol. The minimum atomic E-state index is -0.345. The monoisotopic (exact) mass is 368 g/mol. The molecule has 2 aromatic rings. The molecule has 0 N–H and O–H groups in total. The number of hydrogen-bond donors (Lipinski definition) is 0. The van der Waals surface area contributed by atoms with Gasteiger partial charge in [-0.15, -0.1) is 0 Å². The predicted molar refractivity (Wildman–Crippen MR) is 106 cm³/mol. The van der Waals surface area contributed by atoms with Crippen molar-refractivity contribution in [3.63, 3.8) is 0 Å². The molecule has 1 heterocycles. The summed E-state index contributed by atoms with van der Waals surface area (Å²) >= 11 is 0. The van der Waals surface area contributed by atoms with E-state index in [9.17, 15) is 4.79 Å². The standard InChI is InChI=1S/C21H24N2O4/c1-3-27-21(24)16-5-4-6-18(13-16)22-15-17-7-8-19(14-20(17)25-2)23-9-11-26-12-10-23/h4-8,13-15H,3,9-12H2,1-2H3. The first kappa shape index (κ1) is 18.9. The van der Waals surface area contributed by atoms with Crippen molar-refractivity contribution in [2.75, 3.05) is 44.9 Å². The molecule has 1 saturated heterocycles. The maximum atomic E-state index is 11.9. The average molecular weight is 368 g/mol. The van der Waals surface area contributed by atoms with Crippen molar-refractivity contribution >= 4 is 23.6 Å². The highest BCUT2D eigenvalue weighted by Crippen LogP contribution is 2.26. The van der Waals surface area contributed by atoms with Gasteiger partial charge in [-0.1, -0.05) is 6.07 Å². The predicted octanol–water partition coefficient (Wildman–Crippen LogP) is 3.46. The third-order valence-electron chi connectivity index (χ3n) is 4.30. The molecule has 0 unspecified atom stereocenters. The first-order chi connectivity index (χ1) is 13.2. The SMILES string of the molecule is CCOC(=O)c1cccc(N=Cc2ccc(N3CCOCC3)cc2OC)c1. The highest BCUT2D eigenvalue weighted by molar-refractivity contribution is 5.91. The molecule has 6 nitrogen and oxygen atoms in total. The van der Waals surface area contributed by atoms with E-state index in [1.165, 1.54) is 0 Å². The zero-order valence-corrected chi connectivity index (χ0v) is 15.7. The quantitative estimate of drug-likeness (QED) is 0.577. The number of nitrogens with zero attached hydrogens (tertiary/aromatic N) is 2. The van der Waals surface area contributed by atoms with E-state index >= 15 is 0 Å². The number of anilines is 1. The Balaban J connectivity index is 1.78. The normalized spacial score (nSPS) is 14.4. The second kappa shape index (κ2) is 9.19. The molecule has 0 aliphatic carbocycles. The molecular formula is C21H24N2O4. The van der Waals surface area contributed by atoms with Crippen LogP contribution in [0.1, 0.15) is 22.8 Å². The number of carbonyl (C=O) groups excluding carboxylic acids is 1. The van der Waals surface area contributed by atoms with Crippen LogP contribution in [0, 0.1) is 0 Å². The lowest BCUT2D eigenvalue weighted by Gasteiger charge is -2.29. The fourth-order valence-corrected chi connectivity index (χ4v) is 2.90. The summed E-state index contributed by atoms with van der Waals surface area (Å²) in [5, 5.41) is 0. The molecule has 1 fully saturated rings. The van der Waals surface area contributed by atoms with Gasteiger partial charge in [-0.3, -0.25) is 4.99 Å². The number of benzene rings is 2. The number of methoxy groups -OCH3 is 1. The molecule has 142 valence electrons. The molecule has 0 radical (unpaired) electrons. The Morgan fingerprint density at radius 3 is 2.78 bits per heavy atom. The largest absolute Gasteiger partial charge is 0.496 e. The van der Waals surface area contributed by atoms with Gasteiger partial charge in [-0.25, -0.2) is 4.79 Å². The van der Waals surface area contributed by atoms with Crippen molar-refractivity contribution in [3.05, 3.63) is 53.6 Å². The van der Waals surface area contributed by atoms with Crippen LogP contribution in [0.2, 0.25) is 0 Å². The Bertz CT molecular complexity index is 814. The van der Waals surface area contributed by atoms with E-state index in [4.69, 9.17) is 14.2 Å². The molecule has 0 saturated carbocycles. The lowest BCUT2D eigenvalue weighted by Crippen LogP contribution is -2.36. The first-order valence-electron chi connectivity index (χ1n) is 9.03. The van der Waals surface area contributed by atoms with E-state index < -0.39 is 0 Å². The Morgan fingerprint density at radius 1 is 1.22 bits per heavy atom. The second-order valence-corrected chi connectivity index (χ2v) is 6.05. The van der Waals surface area contributed by atoms with Gasteiger partial charge in [-0.2, -0.15) is 0 Å². The fraction of sp³-hybridized carbons (Fsp3) is 0.333. The van der Waals surface area contributed by atoms with Crippen LogP contribution in [0.15, 0.2) is 47.5 Å². The number of carbonyl (C=O) groups is 1. The number of ether oxygens (including phenoxy) is 3. The second-order valence-electron chi connectivity index (χ2n) is 6.05. The van der Waals surface area contributed by atoms with Crippen LogP contribution in [-0.4, -0.2) is 52.2 Å². The lowest BCUT2D eigenvalue weighted by atomic mass is 10.1. The van der Waals surface area contributed by atoms with Crippen LogP contribution in [0.5, 0.6) is 5.75 Å². The van der Waals surface area contributed by atoms with Gasteiger partial charge < -0.3 is 19.1 Å². The number of esters is 1. The van der Waals surface area contributed by atoms with Crippen LogP contribution in [-0.2, 0) is 9.47 Å². The van der Waals surface area contributed by atoms with Crippen LogP contribution in [0.3, 0.4) is 0 Å². The van der Waals surface area contributed by atoms with Gasteiger partial charge in [-0.05, 0) is 37.3 Å². The van der Waals surface area contributed by atoms with E-state index in [1.807, 2.05) is 18.2 Å². The molecule has 1 aliphatic rings. The zero-order chi connectivity index (χ0) is 19.1. The smallest absolute Gasteiger partial charge is 0.338 e. The molecule has 0 atom stereocenters. The third-order valence-corrected chi connectivity index (χ3v) is 4.30. The Kier molecular flexibility index (Phi) is 6.44. The van der Waals surface area contributed by atoms with Gasteiger partial charge in [0.15, 0.2) is 0 Å². The van der Waals surface area contributed by atoms with Crippen molar-refractivity contribution in [3.8, 4) is 5.75 Å². The third kappa shape index (κ3) is 4.86. The molecule has 0 amide bonds. The van der Waals surface area contributed by atoms with Crippen LogP contribution in [0.25, 0.3) is 0 Å². The Hall–Kier alpha value is -2.86. The topological polar surface area (TPSA) is 60.4 Å². The van der Waals surface area contributed by atoms with Gasteiger partial charge >= 0.3 is 5.97 Å². The summed E-state index contributed by atoms with van der Waals surface area (Å²) in [6.07, 6.45) is 1.74. The Labute approximate surface area is 159 Å². The number of aliphatic imine (C=N–C) groups is 1. The molecule has 0 spiro atoms. The number of morpholine rings is 1. The van der Waals surface area contributed by atoms with Crippen molar-refractivity contribution < 1.29 is 19.0 Å². The highest BCUT2D eigenvalue weighted by Gasteiger charge is 2.13. The van der Waals surface area contributed by atoms with E-state index in [-0.39, 0.29) is 5.97 Å². The summed E-state index contributed by atoms with van der Waals surface area (Å²) in [6.45, 7) is 5.35. The average Bonchev–Trinajstić information content (AvgIpc) is 2.73. The molecule has 1 aliphatic heterocycles. The van der Waals surface area contributed by atoms with Crippen molar-refractivity contribution in [2.24, 2.45) is 4.99 Å². The highest BCUT2D eigenvalue weighted by atomic mass is 16.5. The fourth-order valence-electron chi connectivity index (χ4n) is 2.90. The number of hydrogen-bond acceptors (Lipinski definition) is 6. The summed E-state index contributed by atoms with van der Waals surface area (Å²) < 4.78 is 16.0. The summed E-state index contributed by atoms with van der Waals surface area (Å²) in [5.74, 6) is 0.409. The van der Waals surface area contributed by atoms with Gasteiger partial charge in [0.25, 0.3) is 0 Å². The van der Waals surface area contributed by atoms with Gasteiger partial charge in [0.2, 0.25) is 0 Å². The minimum Gasteiger partial charge on any atom is -0.496 e. The van der Waals surface area contributed by atoms with Gasteiger partial charge in [0, 0.05) is 36.6 Å². The van der Waals surface area contributed by atoms with Crippen molar-refractivity contribution in [2.45, 2.75) is 6.92 Å². The van der Waals surface area contributed by atoms with E-state index in [0.29, 0.717) is 17.9 Å². The van der Waals surface area contributed by atoms with Gasteiger partial charge in [0.1, 0.15) is 5.75 Å². The van der Waals surface area contributed by atoms with Crippen LogP contribution < -0.4 is 9.64 Å². The van der Waals surface area contributed by atoms with Crippen molar-refractivity contribution in [1.29, 1.82) is 0 Å². The first-order valence-corrected chi connectivity index (χ1v) is 9.03. The number of rotatable bonds is 6. The summed E-state index contributed by atoms with van der Waals surface area (Å²) in [4.78, 5) is 18.6. The molecule has 0 aromatic heterocycles. The minimum absolute atomic E-state index is 0.345.